The molecule has 0 amide bonds. The summed E-state index contributed by atoms with van der Waals surface area (Å²) >= 11 is 0. The summed E-state index contributed by atoms with van der Waals surface area (Å²) < 4.78 is 26.3. The first kappa shape index (κ1) is 18.7. The number of nitrogens with one attached hydrogen (secondary N) is 1. The van der Waals surface area contributed by atoms with Crippen molar-refractivity contribution >= 4 is 5.82 Å². The number of hydrogen-bond acceptors (Lipinski definition) is 5. The maximum atomic E-state index is 14.5. The Kier molecular flexibility index (Phi) is 6.52. The number of ether oxygens (including phenoxy) is 2. The predicted molar refractivity (Wildman–Crippen MR) is 98.6 cm³/mol. The van der Waals surface area contributed by atoms with Crippen LogP contribution in [-0.2, 0) is 15.9 Å². The number of aromatic nitrogens is 2. The van der Waals surface area contributed by atoms with Crippen molar-refractivity contribution in [2.45, 2.75) is 51.4 Å². The first-order chi connectivity index (χ1) is 12.7. The van der Waals surface area contributed by atoms with Gasteiger partial charge in [-0.2, -0.15) is 0 Å². The minimum absolute atomic E-state index is 0.139. The summed E-state index contributed by atoms with van der Waals surface area (Å²) in [5.41, 5.74) is 1.47. The van der Waals surface area contributed by atoms with Crippen LogP contribution < -0.4 is 5.32 Å². The highest BCUT2D eigenvalue weighted by molar-refractivity contribution is 5.39. The molecular weight excluding hydrogens is 333 g/mol. The van der Waals surface area contributed by atoms with Gasteiger partial charge in [0.15, 0.2) is 11.6 Å². The average Bonchev–Trinajstić information content (AvgIpc) is 2.69. The average molecular weight is 359 g/mol. The molecule has 1 aromatic heterocycles. The zero-order valence-corrected chi connectivity index (χ0v) is 15.3. The number of halogens is 1. The van der Waals surface area contributed by atoms with Crippen LogP contribution in [-0.4, -0.2) is 35.3 Å². The molecule has 6 heteroatoms. The molecule has 1 N–H and O–H groups in total. The molecule has 3 rings (SSSR count). The molecular formula is C20H26FN3O2. The van der Waals surface area contributed by atoms with E-state index in [0.29, 0.717) is 25.3 Å². The second-order valence-corrected chi connectivity index (χ2v) is 6.55. The van der Waals surface area contributed by atoms with Gasteiger partial charge in [-0.25, -0.2) is 14.4 Å². The summed E-state index contributed by atoms with van der Waals surface area (Å²) in [7, 11) is 0. The van der Waals surface area contributed by atoms with Crippen LogP contribution in [0, 0.1) is 5.82 Å². The molecule has 1 fully saturated rings. The number of nitrogens with zero attached hydrogens (tertiary/aromatic N) is 2. The number of rotatable bonds is 7. The van der Waals surface area contributed by atoms with Crippen molar-refractivity contribution in [2.75, 3.05) is 18.5 Å². The lowest BCUT2D eigenvalue weighted by molar-refractivity contribution is -0.0739. The molecule has 0 radical (unpaired) electrons. The molecule has 2 heterocycles. The van der Waals surface area contributed by atoms with Gasteiger partial charge < -0.3 is 14.8 Å². The van der Waals surface area contributed by atoms with Gasteiger partial charge in [-0.15, -0.1) is 0 Å². The predicted octanol–water partition coefficient (Wildman–Crippen LogP) is 3.92. The third-order valence-electron chi connectivity index (χ3n) is 4.65. The summed E-state index contributed by atoms with van der Waals surface area (Å²) in [6.07, 6.45) is 3.60. The van der Waals surface area contributed by atoms with Crippen molar-refractivity contribution in [3.8, 4) is 0 Å². The molecule has 140 valence electrons. The van der Waals surface area contributed by atoms with E-state index in [-0.39, 0.29) is 29.9 Å². The minimum Gasteiger partial charge on any atom is -0.381 e. The quantitative estimate of drug-likeness (QED) is 0.812. The Hall–Kier alpha value is -2.05. The van der Waals surface area contributed by atoms with Crippen molar-refractivity contribution in [2.24, 2.45) is 0 Å². The minimum atomic E-state index is -0.389. The van der Waals surface area contributed by atoms with Gasteiger partial charge in [-0.1, -0.05) is 37.3 Å². The zero-order valence-electron chi connectivity index (χ0n) is 15.3. The zero-order chi connectivity index (χ0) is 18.4. The summed E-state index contributed by atoms with van der Waals surface area (Å²) in [5, 5.41) is 3.19. The van der Waals surface area contributed by atoms with E-state index in [1.807, 2.05) is 44.2 Å². The Morgan fingerprint density at radius 3 is 2.65 bits per heavy atom. The van der Waals surface area contributed by atoms with E-state index in [1.54, 1.807) is 0 Å². The SMILES string of the molecule is CCc1ncnc(NC(C)C(OC2CCOCC2)c2ccccc2)c1F. The van der Waals surface area contributed by atoms with Gasteiger partial charge >= 0.3 is 0 Å². The lowest BCUT2D eigenvalue weighted by Crippen LogP contribution is -2.33. The fourth-order valence-electron chi connectivity index (χ4n) is 3.19. The van der Waals surface area contributed by atoms with Crippen molar-refractivity contribution in [3.05, 3.63) is 53.7 Å². The van der Waals surface area contributed by atoms with Gasteiger partial charge in [0.05, 0.1) is 17.8 Å². The molecule has 26 heavy (non-hydrogen) atoms. The smallest absolute Gasteiger partial charge is 0.186 e. The topological polar surface area (TPSA) is 56.3 Å². The Labute approximate surface area is 154 Å². The number of aryl methyl sites for hydroxylation is 1. The number of benzene rings is 1. The molecule has 1 aliphatic rings. The largest absolute Gasteiger partial charge is 0.381 e. The van der Waals surface area contributed by atoms with Gasteiger partial charge in [0.2, 0.25) is 0 Å². The highest BCUT2D eigenvalue weighted by atomic mass is 19.1. The molecule has 1 aliphatic heterocycles. The first-order valence-electron chi connectivity index (χ1n) is 9.23. The van der Waals surface area contributed by atoms with Crippen molar-refractivity contribution in [3.63, 3.8) is 0 Å². The molecule has 2 aromatic rings. The van der Waals surface area contributed by atoms with Gasteiger partial charge in [0, 0.05) is 13.2 Å². The third-order valence-corrected chi connectivity index (χ3v) is 4.65. The van der Waals surface area contributed by atoms with Crippen LogP contribution in [0.1, 0.15) is 44.1 Å². The summed E-state index contributed by atoms with van der Waals surface area (Å²) in [4.78, 5) is 8.07. The summed E-state index contributed by atoms with van der Waals surface area (Å²) in [6.45, 7) is 5.30. The van der Waals surface area contributed by atoms with Crippen LogP contribution in [0.3, 0.4) is 0 Å². The Morgan fingerprint density at radius 1 is 1.23 bits per heavy atom. The third kappa shape index (κ3) is 4.56. The molecule has 5 nitrogen and oxygen atoms in total. The van der Waals surface area contributed by atoms with E-state index >= 15 is 0 Å². The standard InChI is InChI=1S/C20H26FN3O2/c1-3-17-18(21)20(23-13-22-17)24-14(2)19(15-7-5-4-6-8-15)26-16-9-11-25-12-10-16/h4-8,13-14,16,19H,3,9-12H2,1-2H3,(H,22,23,24). The number of anilines is 1. The fourth-order valence-corrected chi connectivity index (χ4v) is 3.19. The molecule has 2 atom stereocenters. The van der Waals surface area contributed by atoms with E-state index in [9.17, 15) is 4.39 Å². The lowest BCUT2D eigenvalue weighted by atomic mass is 10.0. The van der Waals surface area contributed by atoms with E-state index in [0.717, 1.165) is 18.4 Å². The van der Waals surface area contributed by atoms with Gasteiger partial charge in [0.1, 0.15) is 12.4 Å². The van der Waals surface area contributed by atoms with E-state index in [2.05, 4.69) is 15.3 Å². The van der Waals surface area contributed by atoms with Crippen LogP contribution in [0.2, 0.25) is 0 Å². The molecule has 0 saturated carbocycles. The highest BCUT2D eigenvalue weighted by Crippen LogP contribution is 2.28. The molecule has 0 aliphatic carbocycles. The second-order valence-electron chi connectivity index (χ2n) is 6.55. The first-order valence-corrected chi connectivity index (χ1v) is 9.23. The van der Waals surface area contributed by atoms with E-state index in [1.165, 1.54) is 6.33 Å². The summed E-state index contributed by atoms with van der Waals surface area (Å²) in [5.74, 6) is -0.166. The van der Waals surface area contributed by atoms with Crippen LogP contribution in [0.15, 0.2) is 36.7 Å². The van der Waals surface area contributed by atoms with E-state index < -0.39 is 0 Å². The number of hydrogen-bond donors (Lipinski definition) is 1. The summed E-state index contributed by atoms with van der Waals surface area (Å²) in [6, 6.07) is 9.87. The van der Waals surface area contributed by atoms with Gasteiger partial charge in [0.25, 0.3) is 0 Å². The molecule has 0 spiro atoms. The van der Waals surface area contributed by atoms with Crippen LogP contribution in [0.4, 0.5) is 10.2 Å². The second kappa shape index (κ2) is 9.05. The van der Waals surface area contributed by atoms with Gasteiger partial charge in [-0.05, 0) is 31.7 Å². The Balaban J connectivity index is 1.79. The molecule has 0 bridgehead atoms. The molecule has 1 aromatic carbocycles. The van der Waals surface area contributed by atoms with Crippen molar-refractivity contribution in [1.29, 1.82) is 0 Å². The van der Waals surface area contributed by atoms with Crippen LogP contribution in [0.5, 0.6) is 0 Å². The maximum absolute atomic E-state index is 14.5. The van der Waals surface area contributed by atoms with Crippen LogP contribution in [0.25, 0.3) is 0 Å². The van der Waals surface area contributed by atoms with Crippen LogP contribution >= 0.6 is 0 Å². The molecule has 1 saturated heterocycles. The van der Waals surface area contributed by atoms with Crippen molar-refractivity contribution < 1.29 is 13.9 Å². The Morgan fingerprint density at radius 2 is 1.96 bits per heavy atom. The van der Waals surface area contributed by atoms with E-state index in [4.69, 9.17) is 9.47 Å². The normalized spacial score (nSPS) is 17.7. The highest BCUT2D eigenvalue weighted by Gasteiger charge is 2.26. The fraction of sp³-hybridized carbons (Fsp3) is 0.500. The van der Waals surface area contributed by atoms with Gasteiger partial charge in [-0.3, -0.25) is 0 Å². The monoisotopic (exact) mass is 359 g/mol. The lowest BCUT2D eigenvalue weighted by Gasteiger charge is -2.32. The Bertz CT molecular complexity index is 693. The van der Waals surface area contributed by atoms with Crippen molar-refractivity contribution in [1.82, 2.24) is 9.97 Å². The maximum Gasteiger partial charge on any atom is 0.186 e. The molecule has 2 unspecified atom stereocenters.